The maximum atomic E-state index is 12.7. The molecule has 0 aliphatic heterocycles. The van der Waals surface area contributed by atoms with Crippen LogP contribution in [0.4, 0.5) is 13.2 Å². The monoisotopic (exact) mass is 308 g/mol. The second-order valence-corrected chi connectivity index (χ2v) is 4.54. The Morgan fingerprint density at radius 3 is 2.41 bits per heavy atom. The first-order valence-corrected chi connectivity index (χ1v) is 6.27. The van der Waals surface area contributed by atoms with E-state index in [4.69, 9.17) is 9.68 Å². The van der Waals surface area contributed by atoms with Crippen LogP contribution in [-0.2, 0) is 6.54 Å². The Labute approximate surface area is 124 Å². The van der Waals surface area contributed by atoms with Crippen molar-refractivity contribution in [2.75, 3.05) is 6.54 Å². The van der Waals surface area contributed by atoms with Gasteiger partial charge in [-0.1, -0.05) is 0 Å². The number of hydrogen-bond donors (Lipinski definition) is 0. The predicted octanol–water partition coefficient (Wildman–Crippen LogP) is 3.36. The van der Waals surface area contributed by atoms with E-state index in [1.807, 2.05) is 6.07 Å². The lowest BCUT2D eigenvalue weighted by molar-refractivity contribution is -0.142. The number of alkyl halides is 3. The van der Waals surface area contributed by atoms with Gasteiger partial charge in [0.05, 0.1) is 24.4 Å². The molecule has 7 heteroatoms. The van der Waals surface area contributed by atoms with Gasteiger partial charge in [0, 0.05) is 5.56 Å². The third kappa shape index (κ3) is 4.12. The van der Waals surface area contributed by atoms with Crippen molar-refractivity contribution >= 4 is 5.91 Å². The number of nitriles is 1. The normalized spacial score (nSPS) is 11.0. The average Bonchev–Trinajstić information content (AvgIpc) is 2.97. The van der Waals surface area contributed by atoms with Gasteiger partial charge in [0.2, 0.25) is 0 Å². The van der Waals surface area contributed by atoms with E-state index in [2.05, 4.69) is 0 Å². The molecule has 0 fully saturated rings. The van der Waals surface area contributed by atoms with Crippen molar-refractivity contribution in [3.63, 3.8) is 0 Å². The molecule has 0 saturated carbocycles. The molecule has 0 unspecified atom stereocenters. The van der Waals surface area contributed by atoms with Crippen molar-refractivity contribution in [1.29, 1.82) is 5.26 Å². The van der Waals surface area contributed by atoms with Crippen LogP contribution < -0.4 is 0 Å². The number of nitrogens with zero attached hydrogens (tertiary/aromatic N) is 2. The number of benzene rings is 1. The standard InChI is InChI=1S/C15H11F3N2O2/c16-15(17,18)10-20(9-13-2-1-7-22-13)14(21)12-5-3-11(8-19)4-6-12/h1-7H,9-10H2. The van der Waals surface area contributed by atoms with Gasteiger partial charge in [0.25, 0.3) is 5.91 Å². The van der Waals surface area contributed by atoms with Gasteiger partial charge < -0.3 is 9.32 Å². The molecule has 0 atom stereocenters. The average molecular weight is 308 g/mol. The minimum absolute atomic E-state index is 0.0785. The predicted molar refractivity (Wildman–Crippen MR) is 70.7 cm³/mol. The van der Waals surface area contributed by atoms with Gasteiger partial charge >= 0.3 is 6.18 Å². The molecule has 1 aromatic carbocycles. The zero-order chi connectivity index (χ0) is 16.2. The molecular weight excluding hydrogens is 297 g/mol. The van der Waals surface area contributed by atoms with Crippen molar-refractivity contribution in [1.82, 2.24) is 4.90 Å². The minimum atomic E-state index is -4.52. The van der Waals surface area contributed by atoms with Crippen LogP contribution in [0.3, 0.4) is 0 Å². The smallest absolute Gasteiger partial charge is 0.406 e. The lowest BCUT2D eigenvalue weighted by Gasteiger charge is -2.23. The molecule has 1 amide bonds. The summed E-state index contributed by atoms with van der Waals surface area (Å²) in [6.45, 7) is -1.67. The summed E-state index contributed by atoms with van der Waals surface area (Å²) in [5.41, 5.74) is 0.403. The van der Waals surface area contributed by atoms with E-state index in [1.165, 1.54) is 42.7 Å². The molecule has 0 saturated heterocycles. The second kappa shape index (κ2) is 6.35. The van der Waals surface area contributed by atoms with E-state index in [-0.39, 0.29) is 17.9 Å². The summed E-state index contributed by atoms with van der Waals surface area (Å²) >= 11 is 0. The van der Waals surface area contributed by atoms with E-state index in [0.29, 0.717) is 10.5 Å². The number of furan rings is 1. The Hall–Kier alpha value is -2.75. The van der Waals surface area contributed by atoms with Gasteiger partial charge in [-0.25, -0.2) is 0 Å². The van der Waals surface area contributed by atoms with E-state index in [9.17, 15) is 18.0 Å². The summed E-state index contributed by atoms with van der Waals surface area (Å²) in [7, 11) is 0. The topological polar surface area (TPSA) is 57.2 Å². The van der Waals surface area contributed by atoms with Crippen molar-refractivity contribution in [2.45, 2.75) is 12.7 Å². The number of hydrogen-bond acceptors (Lipinski definition) is 3. The largest absolute Gasteiger partial charge is 0.467 e. The van der Waals surface area contributed by atoms with Crippen LogP contribution in [0.25, 0.3) is 0 Å². The Balaban J connectivity index is 2.22. The van der Waals surface area contributed by atoms with Crippen LogP contribution in [0.2, 0.25) is 0 Å². The molecule has 0 N–H and O–H groups in total. The lowest BCUT2D eigenvalue weighted by atomic mass is 10.1. The molecule has 0 spiro atoms. The summed E-state index contributed by atoms with van der Waals surface area (Å²) in [4.78, 5) is 12.9. The van der Waals surface area contributed by atoms with E-state index in [1.54, 1.807) is 0 Å². The van der Waals surface area contributed by atoms with Crippen LogP contribution in [0, 0.1) is 11.3 Å². The van der Waals surface area contributed by atoms with Gasteiger partial charge in [-0.15, -0.1) is 0 Å². The molecule has 22 heavy (non-hydrogen) atoms. The zero-order valence-electron chi connectivity index (χ0n) is 11.3. The van der Waals surface area contributed by atoms with Gasteiger partial charge in [0.1, 0.15) is 12.3 Å². The number of carbonyl (C=O) groups is 1. The number of rotatable bonds is 4. The number of carbonyl (C=O) groups excluding carboxylic acids is 1. The summed E-state index contributed by atoms with van der Waals surface area (Å²) in [6.07, 6.45) is -3.19. The summed E-state index contributed by atoms with van der Waals surface area (Å²) in [6, 6.07) is 10.3. The van der Waals surface area contributed by atoms with E-state index in [0.717, 1.165) is 0 Å². The first-order chi connectivity index (χ1) is 10.4. The van der Waals surface area contributed by atoms with Gasteiger partial charge in [0.15, 0.2) is 0 Å². The molecule has 0 aliphatic rings. The molecule has 0 radical (unpaired) electrons. The lowest BCUT2D eigenvalue weighted by Crippen LogP contribution is -2.38. The third-order valence-electron chi connectivity index (χ3n) is 2.85. The fourth-order valence-electron chi connectivity index (χ4n) is 1.88. The van der Waals surface area contributed by atoms with Crippen molar-refractivity contribution < 1.29 is 22.4 Å². The Morgan fingerprint density at radius 2 is 1.91 bits per heavy atom. The highest BCUT2D eigenvalue weighted by atomic mass is 19.4. The fourth-order valence-corrected chi connectivity index (χ4v) is 1.88. The summed E-state index contributed by atoms with van der Waals surface area (Å²) < 4.78 is 43.0. The van der Waals surface area contributed by atoms with Crippen LogP contribution in [0.15, 0.2) is 47.1 Å². The van der Waals surface area contributed by atoms with Crippen molar-refractivity contribution in [3.8, 4) is 6.07 Å². The van der Waals surface area contributed by atoms with Crippen molar-refractivity contribution in [2.24, 2.45) is 0 Å². The van der Waals surface area contributed by atoms with Gasteiger partial charge in [-0.05, 0) is 36.4 Å². The molecule has 1 heterocycles. The molecule has 114 valence electrons. The van der Waals surface area contributed by atoms with Gasteiger partial charge in [-0.2, -0.15) is 18.4 Å². The summed E-state index contributed by atoms with van der Waals surface area (Å²) in [5.74, 6) is -0.524. The first-order valence-electron chi connectivity index (χ1n) is 6.27. The van der Waals surface area contributed by atoms with Gasteiger partial charge in [-0.3, -0.25) is 4.79 Å². The fraction of sp³-hybridized carbons (Fsp3) is 0.200. The molecule has 4 nitrogen and oxygen atoms in total. The van der Waals surface area contributed by atoms with Crippen LogP contribution in [-0.4, -0.2) is 23.5 Å². The third-order valence-corrected chi connectivity index (χ3v) is 2.85. The molecule has 2 rings (SSSR count). The van der Waals surface area contributed by atoms with Crippen LogP contribution >= 0.6 is 0 Å². The quantitative estimate of drug-likeness (QED) is 0.870. The Morgan fingerprint density at radius 1 is 1.23 bits per heavy atom. The highest BCUT2D eigenvalue weighted by Gasteiger charge is 2.33. The maximum absolute atomic E-state index is 12.7. The Kier molecular flexibility index (Phi) is 4.51. The molecule has 2 aromatic rings. The highest BCUT2D eigenvalue weighted by Crippen LogP contribution is 2.20. The van der Waals surface area contributed by atoms with E-state index >= 15 is 0 Å². The Bertz CT molecular complexity index is 670. The second-order valence-electron chi connectivity index (χ2n) is 4.54. The molecule has 0 bridgehead atoms. The zero-order valence-corrected chi connectivity index (χ0v) is 11.3. The first kappa shape index (κ1) is 15.6. The SMILES string of the molecule is N#Cc1ccc(C(=O)N(Cc2ccco2)CC(F)(F)F)cc1. The van der Waals surface area contributed by atoms with E-state index < -0.39 is 18.6 Å². The van der Waals surface area contributed by atoms with Crippen LogP contribution in [0.1, 0.15) is 21.7 Å². The highest BCUT2D eigenvalue weighted by molar-refractivity contribution is 5.94. The van der Waals surface area contributed by atoms with Crippen molar-refractivity contribution in [3.05, 3.63) is 59.5 Å². The summed E-state index contributed by atoms with van der Waals surface area (Å²) in [5, 5.41) is 8.69. The van der Waals surface area contributed by atoms with Crippen LogP contribution in [0.5, 0.6) is 0 Å². The minimum Gasteiger partial charge on any atom is -0.467 e. The molecule has 1 aromatic heterocycles. The molecular formula is C15H11F3N2O2. The number of amides is 1. The molecule has 0 aliphatic carbocycles. The maximum Gasteiger partial charge on any atom is 0.406 e. The number of halogens is 3.